The van der Waals surface area contributed by atoms with Gasteiger partial charge in [-0.2, -0.15) is 5.10 Å². The fourth-order valence-corrected chi connectivity index (χ4v) is 5.50. The third-order valence-electron chi connectivity index (χ3n) is 7.56. The van der Waals surface area contributed by atoms with Gasteiger partial charge in [0, 0.05) is 29.2 Å². The van der Waals surface area contributed by atoms with Crippen LogP contribution in [0.4, 0.5) is 0 Å². The first-order valence-corrected chi connectivity index (χ1v) is 12.7. The molecule has 1 heterocycles. The van der Waals surface area contributed by atoms with E-state index in [1.807, 2.05) is 24.3 Å². The predicted octanol–water partition coefficient (Wildman–Crippen LogP) is 5.06. The van der Waals surface area contributed by atoms with Crippen molar-refractivity contribution in [1.82, 2.24) is 15.5 Å². The number of carbonyl (C=O) groups is 1. The molecule has 0 spiro atoms. The van der Waals surface area contributed by atoms with E-state index in [9.17, 15) is 15.0 Å². The number of amides is 1. The van der Waals surface area contributed by atoms with Gasteiger partial charge in [0.25, 0.3) is 5.91 Å². The molecule has 2 aliphatic carbocycles. The number of nitrogens with zero attached hydrogens (tertiary/aromatic N) is 1. The van der Waals surface area contributed by atoms with Crippen LogP contribution in [0.3, 0.4) is 0 Å². The molecule has 0 saturated heterocycles. The zero-order valence-corrected chi connectivity index (χ0v) is 20.6. The van der Waals surface area contributed by atoms with Gasteiger partial charge in [-0.1, -0.05) is 36.4 Å². The number of aromatic nitrogens is 2. The van der Waals surface area contributed by atoms with Crippen molar-refractivity contribution >= 4 is 5.91 Å². The van der Waals surface area contributed by atoms with Crippen LogP contribution < -0.4 is 10.1 Å². The Morgan fingerprint density at radius 2 is 1.62 bits per heavy atom. The summed E-state index contributed by atoms with van der Waals surface area (Å²) in [5.74, 6) is 0.646. The van der Waals surface area contributed by atoms with Crippen molar-refractivity contribution in [3.05, 3.63) is 77.4 Å². The summed E-state index contributed by atoms with van der Waals surface area (Å²) in [6, 6.07) is 19.3. The van der Waals surface area contributed by atoms with E-state index in [2.05, 4.69) is 39.8 Å². The number of ether oxygens (including phenoxy) is 1. The number of rotatable bonds is 5. The highest BCUT2D eigenvalue weighted by atomic mass is 16.5. The zero-order valence-electron chi connectivity index (χ0n) is 20.6. The van der Waals surface area contributed by atoms with Gasteiger partial charge >= 0.3 is 0 Å². The minimum Gasteiger partial charge on any atom is -0.508 e. The molecule has 1 aromatic heterocycles. The van der Waals surface area contributed by atoms with Gasteiger partial charge in [0.15, 0.2) is 0 Å². The minimum absolute atomic E-state index is 0.0712. The molecule has 7 heteroatoms. The first-order chi connectivity index (χ1) is 18.0. The molecule has 1 saturated carbocycles. The number of aromatic hydroxyl groups is 1. The second-order valence-electron chi connectivity index (χ2n) is 9.92. The molecule has 6 rings (SSSR count). The molecule has 0 unspecified atom stereocenters. The lowest BCUT2D eigenvalue weighted by Gasteiger charge is -2.26. The number of phenols is 1. The molecule has 4 N–H and O–H groups in total. The molecule has 0 aliphatic heterocycles. The number of aromatic amines is 1. The van der Waals surface area contributed by atoms with E-state index in [-0.39, 0.29) is 23.8 Å². The van der Waals surface area contributed by atoms with E-state index >= 15 is 0 Å². The molecular formula is C30H29N3O4. The number of hydrogen-bond acceptors (Lipinski definition) is 5. The Kier molecular flexibility index (Phi) is 5.93. The summed E-state index contributed by atoms with van der Waals surface area (Å²) in [7, 11) is 1.58. The SMILES string of the molecule is COc1cc2c(cc1C(=O)NC1CCC(O)CC1)Cc1c(-c3ccc(-c4ccc(O)cc4)cc3)n[nH]c1-2. The summed E-state index contributed by atoms with van der Waals surface area (Å²) in [6.45, 7) is 0. The highest BCUT2D eigenvalue weighted by Crippen LogP contribution is 2.43. The molecule has 0 radical (unpaired) electrons. The number of aliphatic hydroxyl groups excluding tert-OH is 1. The van der Waals surface area contributed by atoms with E-state index in [0.717, 1.165) is 57.6 Å². The zero-order chi connectivity index (χ0) is 25.5. The number of methoxy groups -OCH3 is 1. The van der Waals surface area contributed by atoms with Crippen LogP contribution in [0.2, 0.25) is 0 Å². The van der Waals surface area contributed by atoms with Crippen molar-refractivity contribution in [2.24, 2.45) is 0 Å². The van der Waals surface area contributed by atoms with Crippen LogP contribution in [0.25, 0.3) is 33.6 Å². The highest BCUT2D eigenvalue weighted by Gasteiger charge is 2.29. The maximum atomic E-state index is 13.2. The number of H-pyrrole nitrogens is 1. The van der Waals surface area contributed by atoms with E-state index in [0.29, 0.717) is 30.6 Å². The van der Waals surface area contributed by atoms with Crippen LogP contribution in [0.1, 0.15) is 47.2 Å². The molecule has 2 aliphatic rings. The molecule has 1 fully saturated rings. The van der Waals surface area contributed by atoms with Crippen molar-refractivity contribution in [3.63, 3.8) is 0 Å². The number of fused-ring (bicyclic) bond motifs is 3. The van der Waals surface area contributed by atoms with Gasteiger partial charge in [-0.3, -0.25) is 9.89 Å². The van der Waals surface area contributed by atoms with Gasteiger partial charge in [0.05, 0.1) is 30.2 Å². The number of phenolic OH excluding ortho intramolecular Hbond substituents is 1. The van der Waals surface area contributed by atoms with Gasteiger partial charge in [-0.05, 0) is 66.6 Å². The van der Waals surface area contributed by atoms with Gasteiger partial charge in [0.1, 0.15) is 11.5 Å². The number of aliphatic hydroxyl groups is 1. The smallest absolute Gasteiger partial charge is 0.255 e. The summed E-state index contributed by atoms with van der Waals surface area (Å²) < 4.78 is 5.62. The number of hydrogen-bond donors (Lipinski definition) is 4. The van der Waals surface area contributed by atoms with Gasteiger partial charge < -0.3 is 20.3 Å². The molecule has 0 bridgehead atoms. The second kappa shape index (κ2) is 9.41. The van der Waals surface area contributed by atoms with E-state index in [4.69, 9.17) is 4.74 Å². The standard InChI is InChI=1S/C30H29N3O4/c1-37-27-16-24-20(14-25(27)30(36)31-21-8-12-23(35)13-9-21)15-26-28(32-33-29(24)26)19-4-2-17(3-5-19)18-6-10-22(34)11-7-18/h2-7,10-11,14,16,21,23,34-35H,8-9,12-13,15H2,1H3,(H,31,36)(H,32,33). The fourth-order valence-electron chi connectivity index (χ4n) is 5.50. The van der Waals surface area contributed by atoms with E-state index < -0.39 is 0 Å². The molecule has 188 valence electrons. The average Bonchev–Trinajstić information content (AvgIpc) is 3.49. The maximum absolute atomic E-state index is 13.2. The summed E-state index contributed by atoms with van der Waals surface area (Å²) in [5, 5.41) is 30.3. The Morgan fingerprint density at radius 3 is 2.30 bits per heavy atom. The number of benzene rings is 3. The summed E-state index contributed by atoms with van der Waals surface area (Å²) in [6.07, 6.45) is 3.41. The van der Waals surface area contributed by atoms with Crippen LogP contribution in [0.5, 0.6) is 11.5 Å². The van der Waals surface area contributed by atoms with E-state index in [1.54, 1.807) is 19.2 Å². The van der Waals surface area contributed by atoms with Crippen LogP contribution in [0, 0.1) is 0 Å². The number of carbonyl (C=O) groups excluding carboxylic acids is 1. The largest absolute Gasteiger partial charge is 0.508 e. The van der Waals surface area contributed by atoms with Crippen molar-refractivity contribution < 1.29 is 19.7 Å². The lowest BCUT2D eigenvalue weighted by Crippen LogP contribution is -2.38. The third kappa shape index (κ3) is 4.36. The fraction of sp³-hybridized carbons (Fsp3) is 0.267. The highest BCUT2D eigenvalue weighted by molar-refractivity contribution is 5.99. The van der Waals surface area contributed by atoms with Crippen molar-refractivity contribution in [2.45, 2.75) is 44.2 Å². The third-order valence-corrected chi connectivity index (χ3v) is 7.56. The Labute approximate surface area is 215 Å². The first kappa shape index (κ1) is 23.3. The summed E-state index contributed by atoms with van der Waals surface area (Å²) in [5.41, 5.74) is 8.67. The van der Waals surface area contributed by atoms with Gasteiger partial charge in [0.2, 0.25) is 0 Å². The Bertz CT molecular complexity index is 1450. The van der Waals surface area contributed by atoms with Crippen LogP contribution in [-0.2, 0) is 6.42 Å². The van der Waals surface area contributed by atoms with Crippen molar-refractivity contribution in [2.75, 3.05) is 7.11 Å². The molecule has 7 nitrogen and oxygen atoms in total. The quantitative estimate of drug-likeness (QED) is 0.273. The monoisotopic (exact) mass is 495 g/mol. The summed E-state index contributed by atoms with van der Waals surface area (Å²) >= 11 is 0. The summed E-state index contributed by atoms with van der Waals surface area (Å²) in [4.78, 5) is 13.2. The lowest BCUT2D eigenvalue weighted by molar-refractivity contribution is 0.0865. The first-order valence-electron chi connectivity index (χ1n) is 12.7. The minimum atomic E-state index is -0.261. The Balaban J connectivity index is 1.25. The van der Waals surface area contributed by atoms with Crippen LogP contribution in [0.15, 0.2) is 60.7 Å². The van der Waals surface area contributed by atoms with Crippen LogP contribution >= 0.6 is 0 Å². The molecule has 37 heavy (non-hydrogen) atoms. The second-order valence-corrected chi connectivity index (χ2v) is 9.92. The maximum Gasteiger partial charge on any atom is 0.255 e. The molecule has 3 aromatic carbocycles. The van der Waals surface area contributed by atoms with Gasteiger partial charge in [-0.25, -0.2) is 0 Å². The Hall–Kier alpha value is -4.10. The molecule has 1 amide bonds. The normalized spacial score (nSPS) is 18.2. The van der Waals surface area contributed by atoms with Crippen molar-refractivity contribution in [1.29, 1.82) is 0 Å². The van der Waals surface area contributed by atoms with Crippen LogP contribution in [-0.4, -0.2) is 45.6 Å². The van der Waals surface area contributed by atoms with Crippen molar-refractivity contribution in [3.8, 4) is 45.1 Å². The van der Waals surface area contributed by atoms with Gasteiger partial charge in [-0.15, -0.1) is 0 Å². The Morgan fingerprint density at radius 1 is 0.973 bits per heavy atom. The lowest BCUT2D eigenvalue weighted by atomic mass is 9.93. The van der Waals surface area contributed by atoms with E-state index in [1.165, 1.54) is 0 Å². The topological polar surface area (TPSA) is 107 Å². The molecule has 0 atom stereocenters. The average molecular weight is 496 g/mol. The molecular weight excluding hydrogens is 466 g/mol. The predicted molar refractivity (Wildman–Crippen MR) is 142 cm³/mol. The number of nitrogens with one attached hydrogen (secondary N) is 2. The molecule has 4 aromatic rings.